The number of nitrogens with zero attached hydrogens (tertiary/aromatic N) is 4. The van der Waals surface area contributed by atoms with Crippen molar-refractivity contribution in [3.05, 3.63) is 15.6 Å². The zero-order valence-corrected chi connectivity index (χ0v) is 19.3. The van der Waals surface area contributed by atoms with E-state index in [0.717, 1.165) is 69.2 Å². The number of rotatable bonds is 5. The molecular formula is C18H32IN5OS. The minimum Gasteiger partial charge on any atom is -0.379 e. The molecule has 2 aliphatic heterocycles. The Morgan fingerprint density at radius 1 is 1.31 bits per heavy atom. The third-order valence-electron chi connectivity index (χ3n) is 5.05. The average molecular weight is 493 g/mol. The van der Waals surface area contributed by atoms with Crippen LogP contribution in [0.3, 0.4) is 0 Å². The van der Waals surface area contributed by atoms with Crippen molar-refractivity contribution in [2.45, 2.75) is 26.7 Å². The van der Waals surface area contributed by atoms with Crippen LogP contribution >= 0.6 is 35.3 Å². The zero-order chi connectivity index (χ0) is 17.6. The number of thiazole rings is 1. The van der Waals surface area contributed by atoms with Crippen LogP contribution in [0.4, 0.5) is 0 Å². The first-order valence-electron chi connectivity index (χ1n) is 9.34. The van der Waals surface area contributed by atoms with Gasteiger partial charge in [-0.25, -0.2) is 4.98 Å². The molecule has 2 aliphatic rings. The molecule has 0 aromatic carbocycles. The van der Waals surface area contributed by atoms with Crippen molar-refractivity contribution in [3.63, 3.8) is 0 Å². The summed E-state index contributed by atoms with van der Waals surface area (Å²) in [5, 5.41) is 4.70. The summed E-state index contributed by atoms with van der Waals surface area (Å²) in [6.45, 7) is 12.4. The van der Waals surface area contributed by atoms with Gasteiger partial charge < -0.3 is 15.0 Å². The van der Waals surface area contributed by atoms with Crippen LogP contribution in [0.1, 0.15) is 22.0 Å². The van der Waals surface area contributed by atoms with Gasteiger partial charge in [-0.1, -0.05) is 0 Å². The molecule has 1 unspecified atom stereocenters. The Kier molecular flexibility index (Phi) is 9.05. The molecular weight excluding hydrogens is 461 g/mol. The summed E-state index contributed by atoms with van der Waals surface area (Å²) in [6.07, 6.45) is 2.27. The average Bonchev–Trinajstić information content (AvgIpc) is 3.19. The number of ether oxygens (including phenoxy) is 1. The summed E-state index contributed by atoms with van der Waals surface area (Å²) >= 11 is 1.81. The number of aliphatic imine (C=N–C) groups is 1. The molecule has 0 amide bonds. The van der Waals surface area contributed by atoms with E-state index in [1.165, 1.54) is 23.5 Å². The fraction of sp³-hybridized carbons (Fsp3) is 0.778. The summed E-state index contributed by atoms with van der Waals surface area (Å²) in [6, 6.07) is 0. The number of aryl methyl sites for hydroxylation is 2. The Morgan fingerprint density at radius 2 is 2.08 bits per heavy atom. The second-order valence-corrected chi connectivity index (χ2v) is 8.27. The smallest absolute Gasteiger partial charge is 0.193 e. The lowest BCUT2D eigenvalue weighted by atomic mass is 10.1. The lowest BCUT2D eigenvalue weighted by Crippen LogP contribution is -2.42. The lowest BCUT2D eigenvalue weighted by molar-refractivity contribution is 0.0315. The SMILES string of the molecule is CN=C(NCCc1sc(C)nc1C)N1CCC(CN2CCOCC2)C1.I. The third kappa shape index (κ3) is 6.03. The quantitative estimate of drug-likeness (QED) is 0.387. The van der Waals surface area contributed by atoms with Crippen LogP contribution in [-0.4, -0.2) is 80.3 Å². The van der Waals surface area contributed by atoms with E-state index in [2.05, 4.69) is 38.9 Å². The first-order chi connectivity index (χ1) is 12.2. The number of likely N-dealkylation sites (tertiary alicyclic amines) is 1. The van der Waals surface area contributed by atoms with E-state index in [1.807, 2.05) is 7.05 Å². The number of guanidine groups is 1. The second kappa shape index (κ2) is 10.8. The Labute approximate surface area is 178 Å². The van der Waals surface area contributed by atoms with Gasteiger partial charge in [-0.15, -0.1) is 35.3 Å². The number of hydrogen-bond acceptors (Lipinski definition) is 5. The molecule has 3 rings (SSSR count). The predicted octanol–water partition coefficient (Wildman–Crippen LogP) is 2.15. The second-order valence-electron chi connectivity index (χ2n) is 6.98. The van der Waals surface area contributed by atoms with Gasteiger partial charge in [0.2, 0.25) is 0 Å². The van der Waals surface area contributed by atoms with Gasteiger partial charge >= 0.3 is 0 Å². The van der Waals surface area contributed by atoms with Gasteiger partial charge in [-0.2, -0.15) is 0 Å². The molecule has 0 radical (unpaired) electrons. The highest BCUT2D eigenvalue weighted by Crippen LogP contribution is 2.19. The van der Waals surface area contributed by atoms with E-state index in [-0.39, 0.29) is 24.0 Å². The molecule has 148 valence electrons. The van der Waals surface area contributed by atoms with Crippen molar-refractivity contribution in [1.29, 1.82) is 0 Å². The number of morpholine rings is 1. The molecule has 0 aliphatic carbocycles. The number of aromatic nitrogens is 1. The Morgan fingerprint density at radius 3 is 2.73 bits per heavy atom. The van der Waals surface area contributed by atoms with E-state index >= 15 is 0 Å². The normalized spacial score (nSPS) is 21.7. The molecule has 6 nitrogen and oxygen atoms in total. The van der Waals surface area contributed by atoms with Crippen molar-refractivity contribution < 1.29 is 4.74 Å². The summed E-state index contributed by atoms with van der Waals surface area (Å²) in [5.41, 5.74) is 1.17. The Balaban J connectivity index is 0.00000243. The molecule has 26 heavy (non-hydrogen) atoms. The van der Waals surface area contributed by atoms with Crippen molar-refractivity contribution in [2.24, 2.45) is 10.9 Å². The molecule has 0 spiro atoms. The van der Waals surface area contributed by atoms with Crippen LogP contribution in [0, 0.1) is 19.8 Å². The molecule has 3 heterocycles. The Hall–Kier alpha value is -0.450. The van der Waals surface area contributed by atoms with Crippen molar-refractivity contribution >= 4 is 41.3 Å². The number of nitrogens with one attached hydrogen (secondary N) is 1. The van der Waals surface area contributed by atoms with Crippen molar-refractivity contribution in [1.82, 2.24) is 20.1 Å². The maximum atomic E-state index is 5.45. The Bertz CT molecular complexity index is 588. The van der Waals surface area contributed by atoms with E-state index in [1.54, 1.807) is 11.3 Å². The van der Waals surface area contributed by atoms with Gasteiger partial charge in [-0.05, 0) is 26.2 Å². The van der Waals surface area contributed by atoms with Gasteiger partial charge in [0.05, 0.1) is 23.9 Å². The van der Waals surface area contributed by atoms with Crippen LogP contribution in [0.25, 0.3) is 0 Å². The molecule has 1 aromatic heterocycles. The summed E-state index contributed by atoms with van der Waals surface area (Å²) in [4.78, 5) is 15.3. The molecule has 0 bridgehead atoms. The highest BCUT2D eigenvalue weighted by Gasteiger charge is 2.27. The molecule has 1 atom stereocenters. The zero-order valence-electron chi connectivity index (χ0n) is 16.2. The molecule has 2 saturated heterocycles. The van der Waals surface area contributed by atoms with Gasteiger partial charge in [0.25, 0.3) is 0 Å². The third-order valence-corrected chi connectivity index (χ3v) is 6.18. The molecule has 2 fully saturated rings. The van der Waals surface area contributed by atoms with Crippen LogP contribution in [0.2, 0.25) is 0 Å². The van der Waals surface area contributed by atoms with Gasteiger partial charge in [0.1, 0.15) is 0 Å². The van der Waals surface area contributed by atoms with Gasteiger partial charge in [0.15, 0.2) is 5.96 Å². The topological polar surface area (TPSA) is 53.0 Å². The van der Waals surface area contributed by atoms with E-state index in [0.29, 0.717) is 0 Å². The number of halogens is 1. The highest BCUT2D eigenvalue weighted by molar-refractivity contribution is 14.0. The van der Waals surface area contributed by atoms with Gasteiger partial charge in [-0.3, -0.25) is 9.89 Å². The minimum atomic E-state index is 0. The first kappa shape index (κ1) is 21.8. The lowest BCUT2D eigenvalue weighted by Gasteiger charge is -2.29. The van der Waals surface area contributed by atoms with Crippen LogP contribution < -0.4 is 5.32 Å². The molecule has 1 N–H and O–H groups in total. The maximum absolute atomic E-state index is 5.45. The van der Waals surface area contributed by atoms with Gasteiger partial charge in [0, 0.05) is 57.6 Å². The fourth-order valence-electron chi connectivity index (χ4n) is 3.75. The van der Waals surface area contributed by atoms with Crippen LogP contribution in [0.15, 0.2) is 4.99 Å². The minimum absolute atomic E-state index is 0. The largest absolute Gasteiger partial charge is 0.379 e. The van der Waals surface area contributed by atoms with E-state index in [4.69, 9.17) is 4.74 Å². The van der Waals surface area contributed by atoms with E-state index in [9.17, 15) is 0 Å². The summed E-state index contributed by atoms with van der Waals surface area (Å²) in [7, 11) is 1.89. The molecule has 8 heteroatoms. The van der Waals surface area contributed by atoms with Crippen LogP contribution in [0.5, 0.6) is 0 Å². The maximum Gasteiger partial charge on any atom is 0.193 e. The number of hydrogen-bond donors (Lipinski definition) is 1. The van der Waals surface area contributed by atoms with Crippen molar-refractivity contribution in [3.8, 4) is 0 Å². The summed E-state index contributed by atoms with van der Waals surface area (Å²) < 4.78 is 5.45. The molecule has 1 aromatic rings. The highest BCUT2D eigenvalue weighted by atomic mass is 127. The first-order valence-corrected chi connectivity index (χ1v) is 10.2. The summed E-state index contributed by atoms with van der Waals surface area (Å²) in [5.74, 6) is 1.78. The standard InChI is InChI=1S/C18H31N5OS.HI/c1-14-17(25-15(2)21-14)4-6-20-18(19-3)23-7-5-16(13-23)12-22-8-10-24-11-9-22;/h16H,4-13H2,1-3H3,(H,19,20);1H. The monoisotopic (exact) mass is 493 g/mol. The molecule has 0 saturated carbocycles. The predicted molar refractivity (Wildman–Crippen MR) is 119 cm³/mol. The fourth-order valence-corrected chi connectivity index (χ4v) is 4.69. The van der Waals surface area contributed by atoms with Crippen LogP contribution in [-0.2, 0) is 11.2 Å². The van der Waals surface area contributed by atoms with Crippen molar-refractivity contribution in [2.75, 3.05) is 59.5 Å². The van der Waals surface area contributed by atoms with E-state index < -0.39 is 0 Å².